The molecule has 0 spiro atoms. The molecule has 0 radical (unpaired) electrons. The van der Waals surface area contributed by atoms with E-state index in [1.165, 1.54) is 24.8 Å². The molecule has 1 aliphatic rings. The van der Waals surface area contributed by atoms with Crippen molar-refractivity contribution in [1.82, 2.24) is 14.9 Å². The average Bonchev–Trinajstić information content (AvgIpc) is 2.87. The summed E-state index contributed by atoms with van der Waals surface area (Å²) in [4.78, 5) is 4.77. The molecule has 2 heterocycles. The Hall–Kier alpha value is -1.39. The topological polar surface area (TPSA) is 39.1 Å². The number of nitrogens with zero attached hydrogens (tertiary/aromatic N) is 2. The van der Waals surface area contributed by atoms with Crippen LogP contribution < -0.4 is 5.32 Å². The van der Waals surface area contributed by atoms with Crippen molar-refractivity contribution < 1.29 is 4.74 Å². The van der Waals surface area contributed by atoms with Crippen LogP contribution >= 0.6 is 0 Å². The van der Waals surface area contributed by atoms with Crippen LogP contribution in [0.5, 0.6) is 0 Å². The fraction of sp³-hybridized carbons (Fsp3) is 0.588. The van der Waals surface area contributed by atoms with Gasteiger partial charge >= 0.3 is 0 Å². The summed E-state index contributed by atoms with van der Waals surface area (Å²) >= 11 is 0. The zero-order chi connectivity index (χ0) is 14.5. The maximum Gasteiger partial charge on any atom is 0.123 e. The number of aromatic nitrogens is 2. The third-order valence-corrected chi connectivity index (χ3v) is 4.11. The summed E-state index contributed by atoms with van der Waals surface area (Å²) in [6, 6.07) is 8.39. The second-order valence-electron chi connectivity index (χ2n) is 5.79. The Balaban J connectivity index is 1.66. The molecule has 21 heavy (non-hydrogen) atoms. The molecule has 0 amide bonds. The summed E-state index contributed by atoms with van der Waals surface area (Å²) in [5, 5.41) is 3.52. The first kappa shape index (κ1) is 14.5. The van der Waals surface area contributed by atoms with E-state index in [4.69, 9.17) is 9.72 Å². The number of imidazole rings is 1. The van der Waals surface area contributed by atoms with Gasteiger partial charge in [-0.05, 0) is 37.8 Å². The molecular weight excluding hydrogens is 262 g/mol. The van der Waals surface area contributed by atoms with Gasteiger partial charge in [-0.2, -0.15) is 0 Å². The summed E-state index contributed by atoms with van der Waals surface area (Å²) in [5.74, 6) is 1.13. The Morgan fingerprint density at radius 2 is 2.24 bits per heavy atom. The van der Waals surface area contributed by atoms with Gasteiger partial charge < -0.3 is 14.6 Å². The van der Waals surface area contributed by atoms with Gasteiger partial charge in [0.25, 0.3) is 0 Å². The van der Waals surface area contributed by atoms with E-state index >= 15 is 0 Å². The number of hydrogen-bond donors (Lipinski definition) is 1. The van der Waals surface area contributed by atoms with Crippen molar-refractivity contribution in [3.63, 3.8) is 0 Å². The average molecular weight is 287 g/mol. The van der Waals surface area contributed by atoms with Crippen LogP contribution in [0.4, 0.5) is 0 Å². The lowest BCUT2D eigenvalue weighted by Gasteiger charge is -2.22. The van der Waals surface area contributed by atoms with Gasteiger partial charge in [0.2, 0.25) is 0 Å². The van der Waals surface area contributed by atoms with Crippen molar-refractivity contribution >= 4 is 11.0 Å². The highest BCUT2D eigenvalue weighted by Gasteiger charge is 2.14. The fourth-order valence-corrected chi connectivity index (χ4v) is 3.05. The Bertz CT molecular complexity index is 572. The lowest BCUT2D eigenvalue weighted by Crippen LogP contribution is -2.32. The maximum atomic E-state index is 5.76. The number of nitrogens with one attached hydrogen (secondary N) is 1. The van der Waals surface area contributed by atoms with Crippen LogP contribution in [0.1, 0.15) is 38.4 Å². The van der Waals surface area contributed by atoms with Gasteiger partial charge in [-0.15, -0.1) is 0 Å². The van der Waals surface area contributed by atoms with E-state index in [2.05, 4.69) is 41.1 Å². The third-order valence-electron chi connectivity index (χ3n) is 4.11. The molecule has 114 valence electrons. The normalized spacial score (nSPS) is 19.2. The number of hydrogen-bond acceptors (Lipinski definition) is 3. The second kappa shape index (κ2) is 7.05. The number of para-hydroxylation sites is 2. The predicted molar refractivity (Wildman–Crippen MR) is 85.3 cm³/mol. The van der Waals surface area contributed by atoms with Gasteiger partial charge in [0.15, 0.2) is 0 Å². The van der Waals surface area contributed by atoms with E-state index in [1.807, 2.05) is 0 Å². The minimum atomic E-state index is 0.378. The van der Waals surface area contributed by atoms with Crippen LogP contribution in [0.25, 0.3) is 11.0 Å². The number of benzene rings is 1. The number of rotatable bonds is 6. The smallest absolute Gasteiger partial charge is 0.123 e. The van der Waals surface area contributed by atoms with Crippen molar-refractivity contribution in [3.8, 4) is 0 Å². The Labute approximate surface area is 126 Å². The van der Waals surface area contributed by atoms with Gasteiger partial charge in [0.1, 0.15) is 5.82 Å². The SMILES string of the molecule is CCCn1c(CNCC2CCCCO2)nc2ccccc21. The van der Waals surface area contributed by atoms with Crippen molar-refractivity contribution in [2.45, 2.75) is 51.8 Å². The van der Waals surface area contributed by atoms with Gasteiger partial charge in [0, 0.05) is 19.7 Å². The van der Waals surface area contributed by atoms with Crippen LogP contribution in [0.15, 0.2) is 24.3 Å². The molecular formula is C17H25N3O. The predicted octanol–water partition coefficient (Wildman–Crippen LogP) is 3.11. The molecule has 1 fully saturated rings. The fourth-order valence-electron chi connectivity index (χ4n) is 3.05. The van der Waals surface area contributed by atoms with Crippen molar-refractivity contribution in [3.05, 3.63) is 30.1 Å². The van der Waals surface area contributed by atoms with E-state index in [-0.39, 0.29) is 0 Å². The zero-order valence-electron chi connectivity index (χ0n) is 12.8. The van der Waals surface area contributed by atoms with Crippen molar-refractivity contribution in [1.29, 1.82) is 0 Å². The Morgan fingerprint density at radius 1 is 1.33 bits per heavy atom. The Morgan fingerprint density at radius 3 is 3.05 bits per heavy atom. The van der Waals surface area contributed by atoms with Gasteiger partial charge in [-0.3, -0.25) is 0 Å². The highest BCUT2D eigenvalue weighted by molar-refractivity contribution is 5.75. The van der Waals surface area contributed by atoms with Crippen molar-refractivity contribution in [2.75, 3.05) is 13.2 Å². The van der Waals surface area contributed by atoms with Crippen LogP contribution in [-0.2, 0) is 17.8 Å². The highest BCUT2D eigenvalue weighted by atomic mass is 16.5. The molecule has 4 heteroatoms. The lowest BCUT2D eigenvalue weighted by atomic mass is 10.1. The number of ether oxygens (including phenoxy) is 1. The van der Waals surface area contributed by atoms with Crippen LogP contribution in [0.3, 0.4) is 0 Å². The monoisotopic (exact) mass is 287 g/mol. The quantitative estimate of drug-likeness (QED) is 0.887. The lowest BCUT2D eigenvalue weighted by molar-refractivity contribution is 0.0166. The first-order valence-electron chi connectivity index (χ1n) is 8.15. The van der Waals surface area contributed by atoms with Crippen LogP contribution in [0, 0.1) is 0 Å². The van der Waals surface area contributed by atoms with Crippen LogP contribution in [-0.4, -0.2) is 28.8 Å². The molecule has 0 aliphatic carbocycles. The molecule has 1 unspecified atom stereocenters. The standard InChI is InChI=1S/C17H25N3O/c1-2-10-20-16-9-4-3-8-15(16)19-17(20)13-18-12-14-7-5-6-11-21-14/h3-4,8-9,14,18H,2,5-7,10-13H2,1H3. The minimum Gasteiger partial charge on any atom is -0.377 e. The van der Waals surface area contributed by atoms with E-state index in [1.54, 1.807) is 0 Å². The molecule has 2 aromatic rings. The summed E-state index contributed by atoms with van der Waals surface area (Å²) in [6.45, 7) is 5.89. The molecule has 1 N–H and O–H groups in total. The zero-order valence-corrected chi connectivity index (χ0v) is 12.8. The van der Waals surface area contributed by atoms with Gasteiger partial charge in [0.05, 0.1) is 23.7 Å². The summed E-state index contributed by atoms with van der Waals surface area (Å²) in [5.41, 5.74) is 2.33. The minimum absolute atomic E-state index is 0.378. The van der Waals surface area contributed by atoms with E-state index in [0.717, 1.165) is 44.0 Å². The first-order valence-corrected chi connectivity index (χ1v) is 8.15. The van der Waals surface area contributed by atoms with E-state index in [0.29, 0.717) is 6.10 Å². The molecule has 3 rings (SSSR count). The molecule has 1 aliphatic heterocycles. The summed E-state index contributed by atoms with van der Waals surface area (Å²) < 4.78 is 8.10. The molecule has 1 atom stereocenters. The number of aryl methyl sites for hydroxylation is 1. The van der Waals surface area contributed by atoms with Crippen molar-refractivity contribution in [2.24, 2.45) is 0 Å². The molecule has 1 saturated heterocycles. The molecule has 0 bridgehead atoms. The van der Waals surface area contributed by atoms with Gasteiger partial charge in [-0.25, -0.2) is 4.98 Å². The summed E-state index contributed by atoms with van der Waals surface area (Å²) in [7, 11) is 0. The maximum absolute atomic E-state index is 5.76. The molecule has 0 saturated carbocycles. The van der Waals surface area contributed by atoms with Crippen LogP contribution in [0.2, 0.25) is 0 Å². The van der Waals surface area contributed by atoms with E-state index in [9.17, 15) is 0 Å². The third kappa shape index (κ3) is 3.44. The Kier molecular flexibility index (Phi) is 4.88. The molecule has 4 nitrogen and oxygen atoms in total. The molecule has 1 aromatic heterocycles. The number of fused-ring (bicyclic) bond motifs is 1. The second-order valence-corrected chi connectivity index (χ2v) is 5.79. The highest BCUT2D eigenvalue weighted by Crippen LogP contribution is 2.17. The summed E-state index contributed by atoms with van der Waals surface area (Å²) in [6.07, 6.45) is 5.18. The van der Waals surface area contributed by atoms with E-state index < -0.39 is 0 Å². The largest absolute Gasteiger partial charge is 0.377 e. The first-order chi connectivity index (χ1) is 10.4. The van der Waals surface area contributed by atoms with Gasteiger partial charge in [-0.1, -0.05) is 19.1 Å². The molecule has 1 aromatic carbocycles.